The van der Waals surface area contributed by atoms with Crippen LogP contribution in [0.4, 0.5) is 0 Å². The first-order chi connectivity index (χ1) is 14.0. The summed E-state index contributed by atoms with van der Waals surface area (Å²) in [6.07, 6.45) is 7.32. The lowest BCUT2D eigenvalue weighted by atomic mass is 10.1. The summed E-state index contributed by atoms with van der Waals surface area (Å²) in [6.45, 7) is 4.20. The van der Waals surface area contributed by atoms with Gasteiger partial charge in [-0.15, -0.1) is 0 Å². The molecule has 0 spiro atoms. The van der Waals surface area contributed by atoms with Crippen molar-refractivity contribution in [2.45, 2.75) is 55.9 Å². The second kappa shape index (κ2) is 7.67. The van der Waals surface area contributed by atoms with Crippen LogP contribution in [0.25, 0.3) is 0 Å². The van der Waals surface area contributed by atoms with Crippen molar-refractivity contribution < 1.29 is 13.2 Å². The van der Waals surface area contributed by atoms with Crippen molar-refractivity contribution in [1.82, 2.24) is 14.1 Å². The number of likely N-dealkylation sites (tertiary alicyclic amines) is 1. The van der Waals surface area contributed by atoms with Crippen LogP contribution in [0.2, 0.25) is 0 Å². The number of sulfonamides is 1. The van der Waals surface area contributed by atoms with Crippen molar-refractivity contribution in [1.29, 1.82) is 0 Å². The van der Waals surface area contributed by atoms with Crippen LogP contribution >= 0.6 is 0 Å². The largest absolute Gasteiger partial charge is 0.341 e. The van der Waals surface area contributed by atoms with E-state index >= 15 is 0 Å². The van der Waals surface area contributed by atoms with Gasteiger partial charge in [-0.3, -0.25) is 9.69 Å². The number of benzene rings is 1. The van der Waals surface area contributed by atoms with E-state index in [0.717, 1.165) is 57.7 Å². The van der Waals surface area contributed by atoms with Gasteiger partial charge in [-0.2, -0.15) is 4.31 Å². The maximum Gasteiger partial charge on any atom is 0.243 e. The Balaban J connectivity index is 1.25. The molecule has 2 aliphatic carbocycles. The Labute approximate surface area is 173 Å². The fourth-order valence-corrected chi connectivity index (χ4v) is 6.70. The number of carbonyl (C=O) groups is 1. The number of fused-ring (bicyclic) bond motifs is 1. The van der Waals surface area contributed by atoms with Gasteiger partial charge in [0.15, 0.2) is 0 Å². The molecule has 0 aromatic heterocycles. The van der Waals surface area contributed by atoms with E-state index in [2.05, 4.69) is 4.90 Å². The molecule has 5 rings (SSSR count). The van der Waals surface area contributed by atoms with Crippen LogP contribution in [0, 0.1) is 5.92 Å². The van der Waals surface area contributed by atoms with Crippen molar-refractivity contribution in [3.63, 3.8) is 0 Å². The molecular formula is C22H31N3O3S. The van der Waals surface area contributed by atoms with Gasteiger partial charge in [0.1, 0.15) is 0 Å². The van der Waals surface area contributed by atoms with Crippen molar-refractivity contribution >= 4 is 15.9 Å². The Morgan fingerprint density at radius 1 is 0.897 bits per heavy atom. The molecule has 2 heterocycles. The van der Waals surface area contributed by atoms with Gasteiger partial charge >= 0.3 is 0 Å². The van der Waals surface area contributed by atoms with Crippen LogP contribution < -0.4 is 0 Å². The highest BCUT2D eigenvalue weighted by Crippen LogP contribution is 2.32. The molecule has 6 nitrogen and oxygen atoms in total. The molecule has 2 aliphatic heterocycles. The summed E-state index contributed by atoms with van der Waals surface area (Å²) in [5.74, 6) is 0.974. The molecular weight excluding hydrogens is 386 g/mol. The normalized spacial score (nSPS) is 26.7. The van der Waals surface area contributed by atoms with E-state index in [4.69, 9.17) is 0 Å². The van der Waals surface area contributed by atoms with Crippen LogP contribution in [0.15, 0.2) is 23.1 Å². The molecule has 158 valence electrons. The highest BCUT2D eigenvalue weighted by atomic mass is 32.2. The summed E-state index contributed by atoms with van der Waals surface area (Å²) in [5, 5.41) is 0. The van der Waals surface area contributed by atoms with Gasteiger partial charge in [0.2, 0.25) is 15.9 Å². The minimum Gasteiger partial charge on any atom is -0.341 e. The monoisotopic (exact) mass is 417 g/mol. The average molecular weight is 418 g/mol. The van der Waals surface area contributed by atoms with Crippen LogP contribution in [0.3, 0.4) is 0 Å². The molecule has 1 aromatic carbocycles. The molecule has 0 radical (unpaired) electrons. The third-order valence-electron chi connectivity index (χ3n) is 7.08. The van der Waals surface area contributed by atoms with Gasteiger partial charge in [0, 0.05) is 39.3 Å². The van der Waals surface area contributed by atoms with Gasteiger partial charge in [0.05, 0.1) is 10.9 Å². The van der Waals surface area contributed by atoms with Crippen LogP contribution in [-0.4, -0.2) is 73.7 Å². The zero-order valence-electron chi connectivity index (χ0n) is 17.1. The van der Waals surface area contributed by atoms with Crippen LogP contribution in [-0.2, 0) is 27.7 Å². The molecule has 3 fully saturated rings. The summed E-state index contributed by atoms with van der Waals surface area (Å²) in [6, 6.07) is 5.59. The lowest BCUT2D eigenvalue weighted by Crippen LogP contribution is -2.44. The van der Waals surface area contributed by atoms with Crippen LogP contribution in [0.1, 0.15) is 43.2 Å². The first kappa shape index (κ1) is 19.5. The second-order valence-electron chi connectivity index (χ2n) is 9.11. The molecule has 4 aliphatic rings. The zero-order valence-corrected chi connectivity index (χ0v) is 17.9. The Morgan fingerprint density at radius 3 is 2.55 bits per heavy atom. The minimum absolute atomic E-state index is 0.0589. The molecule has 1 atom stereocenters. The number of carbonyl (C=O) groups excluding carboxylic acids is 1. The molecule has 0 N–H and O–H groups in total. The van der Waals surface area contributed by atoms with Gasteiger partial charge in [0.25, 0.3) is 0 Å². The first-order valence-corrected chi connectivity index (χ1v) is 12.6. The number of aryl methyl sites for hydroxylation is 2. The zero-order chi connectivity index (χ0) is 20.0. The Bertz CT molecular complexity index is 897. The number of hydrogen-bond donors (Lipinski definition) is 0. The SMILES string of the molecule is O=C1[C@@H](N2CCCN(S(=O)(=O)c3ccc4c(c3)CCC4)CC2)CCN1CC1CC1. The summed E-state index contributed by atoms with van der Waals surface area (Å²) >= 11 is 0. The maximum atomic E-state index is 13.2. The van der Waals surface area contributed by atoms with Gasteiger partial charge < -0.3 is 4.90 Å². The minimum atomic E-state index is -3.47. The molecule has 2 saturated heterocycles. The van der Waals surface area contributed by atoms with E-state index in [1.807, 2.05) is 17.0 Å². The van der Waals surface area contributed by atoms with E-state index in [0.29, 0.717) is 24.5 Å². The fourth-order valence-electron chi connectivity index (χ4n) is 5.18. The lowest BCUT2D eigenvalue weighted by Gasteiger charge is -2.26. The third-order valence-corrected chi connectivity index (χ3v) is 8.98. The summed E-state index contributed by atoms with van der Waals surface area (Å²) in [7, 11) is -3.47. The highest BCUT2D eigenvalue weighted by Gasteiger charge is 2.39. The quantitative estimate of drug-likeness (QED) is 0.734. The van der Waals surface area contributed by atoms with Crippen molar-refractivity contribution in [2.24, 2.45) is 5.92 Å². The lowest BCUT2D eigenvalue weighted by molar-refractivity contribution is -0.132. The van der Waals surface area contributed by atoms with Crippen molar-refractivity contribution in [2.75, 3.05) is 39.3 Å². The van der Waals surface area contributed by atoms with Gasteiger partial charge in [-0.25, -0.2) is 8.42 Å². The predicted octanol–water partition coefficient (Wildman–Crippen LogP) is 1.88. The number of rotatable bonds is 5. The van der Waals surface area contributed by atoms with Gasteiger partial charge in [-0.05, 0) is 74.1 Å². The molecule has 1 amide bonds. The molecule has 0 bridgehead atoms. The predicted molar refractivity (Wildman–Crippen MR) is 111 cm³/mol. The summed E-state index contributed by atoms with van der Waals surface area (Å²) < 4.78 is 28.1. The van der Waals surface area contributed by atoms with E-state index in [9.17, 15) is 13.2 Å². The Hall–Kier alpha value is -1.44. The molecule has 0 unspecified atom stereocenters. The smallest absolute Gasteiger partial charge is 0.243 e. The number of amides is 1. The van der Waals surface area contributed by atoms with E-state index in [-0.39, 0.29) is 11.9 Å². The van der Waals surface area contributed by atoms with Crippen molar-refractivity contribution in [3.8, 4) is 0 Å². The van der Waals surface area contributed by atoms with Crippen molar-refractivity contribution in [3.05, 3.63) is 29.3 Å². The Morgan fingerprint density at radius 2 is 1.72 bits per heavy atom. The highest BCUT2D eigenvalue weighted by molar-refractivity contribution is 7.89. The van der Waals surface area contributed by atoms with E-state index in [1.165, 1.54) is 24.0 Å². The van der Waals surface area contributed by atoms with Crippen LogP contribution in [0.5, 0.6) is 0 Å². The Kier molecular flexibility index (Phi) is 5.16. The number of nitrogens with zero attached hydrogens (tertiary/aromatic N) is 3. The molecule has 29 heavy (non-hydrogen) atoms. The summed E-state index contributed by atoms with van der Waals surface area (Å²) in [5.41, 5.74) is 2.48. The standard InChI is InChI=1S/C22H31N3O3S/c26-22-21(9-12-24(22)16-17-5-6-17)23-10-2-11-25(14-13-23)29(27,28)20-8-7-18-3-1-4-19(18)15-20/h7-8,15,17,21H,1-6,9-14,16H2/t21-/m0/s1. The average Bonchev–Trinajstić information content (AvgIpc) is 3.37. The first-order valence-electron chi connectivity index (χ1n) is 11.2. The number of hydrogen-bond acceptors (Lipinski definition) is 4. The van der Waals surface area contributed by atoms with E-state index < -0.39 is 10.0 Å². The van der Waals surface area contributed by atoms with Gasteiger partial charge in [-0.1, -0.05) is 6.07 Å². The topological polar surface area (TPSA) is 60.9 Å². The molecule has 1 saturated carbocycles. The third kappa shape index (κ3) is 3.84. The molecule has 7 heteroatoms. The van der Waals surface area contributed by atoms with E-state index in [1.54, 1.807) is 10.4 Å². The fraction of sp³-hybridized carbons (Fsp3) is 0.682. The second-order valence-corrected chi connectivity index (χ2v) is 11.0. The maximum absolute atomic E-state index is 13.2. The summed E-state index contributed by atoms with van der Waals surface area (Å²) in [4.78, 5) is 17.5. The molecule has 1 aromatic rings.